The molecular formula is C35H45F4N7O6. The summed E-state index contributed by atoms with van der Waals surface area (Å²) in [5, 5.41) is 7.75. The van der Waals surface area contributed by atoms with Crippen LogP contribution in [0.2, 0.25) is 0 Å². The van der Waals surface area contributed by atoms with E-state index in [0.717, 1.165) is 5.56 Å². The molecule has 3 aromatic heterocycles. The number of hydrogen-bond acceptors (Lipinski definition) is 10. The third-order valence-corrected chi connectivity index (χ3v) is 8.38. The summed E-state index contributed by atoms with van der Waals surface area (Å²) in [4.78, 5) is 51.4. The van der Waals surface area contributed by atoms with Crippen molar-refractivity contribution in [2.24, 2.45) is 5.92 Å². The molecule has 52 heavy (non-hydrogen) atoms. The van der Waals surface area contributed by atoms with Gasteiger partial charge >= 0.3 is 18.4 Å². The van der Waals surface area contributed by atoms with Crippen LogP contribution in [0.1, 0.15) is 70.3 Å². The third-order valence-electron chi connectivity index (χ3n) is 8.38. The number of rotatable bonds is 8. The summed E-state index contributed by atoms with van der Waals surface area (Å²) in [5.41, 5.74) is -0.548. The molecule has 0 aliphatic carbocycles. The Labute approximate surface area is 298 Å². The van der Waals surface area contributed by atoms with Crippen molar-refractivity contribution >= 4 is 46.5 Å². The van der Waals surface area contributed by atoms with Gasteiger partial charge in [0.1, 0.15) is 28.5 Å². The zero-order chi connectivity index (χ0) is 38.0. The molecule has 284 valence electrons. The van der Waals surface area contributed by atoms with Gasteiger partial charge in [-0.3, -0.25) is 20.1 Å². The Hall–Kier alpha value is -4.67. The summed E-state index contributed by atoms with van der Waals surface area (Å²) < 4.78 is 72.7. The standard InChI is InChI=1S/C35H45F4N7O6/c1-33(2,3)51-31(48)42-23-14-21(35(37,38)39)17-46(19-23)25-7-10-40-16-24(25)43-29(47)27-28-26(50-30(27)44-32(49)52-34(4,5)6)13-20(15-41-28)8-11-45-12-9-22(36)18-45/h7,10,13,15-16,21-23H,8-9,11-12,14,17-19H2,1-6H3,(H,42,48)(H,43,47)(H,44,49)/t21-,22-,23+/m1/s1. The van der Waals surface area contributed by atoms with Gasteiger partial charge in [0, 0.05) is 45.1 Å². The molecule has 0 unspecified atom stereocenters. The third kappa shape index (κ3) is 10.2. The first-order valence-electron chi connectivity index (χ1n) is 17.1. The minimum Gasteiger partial charge on any atom is -0.444 e. The Kier molecular flexibility index (Phi) is 11.2. The van der Waals surface area contributed by atoms with Crippen LogP contribution in [0.25, 0.3) is 11.1 Å². The van der Waals surface area contributed by atoms with E-state index in [1.807, 2.05) is 4.90 Å². The van der Waals surface area contributed by atoms with Gasteiger partial charge in [-0.1, -0.05) is 0 Å². The Morgan fingerprint density at radius 2 is 1.69 bits per heavy atom. The molecule has 3 atom stereocenters. The van der Waals surface area contributed by atoms with Gasteiger partial charge in [0.2, 0.25) is 5.88 Å². The summed E-state index contributed by atoms with van der Waals surface area (Å²) in [6, 6.07) is 2.21. The number of anilines is 3. The zero-order valence-corrected chi connectivity index (χ0v) is 30.0. The minimum atomic E-state index is -4.57. The van der Waals surface area contributed by atoms with Crippen molar-refractivity contribution in [1.82, 2.24) is 20.2 Å². The Morgan fingerprint density at radius 3 is 2.35 bits per heavy atom. The fourth-order valence-electron chi connectivity index (χ4n) is 6.18. The van der Waals surface area contributed by atoms with E-state index in [-0.39, 0.29) is 46.9 Å². The highest BCUT2D eigenvalue weighted by Crippen LogP contribution is 2.38. The predicted octanol–water partition coefficient (Wildman–Crippen LogP) is 6.69. The topological polar surface area (TPSA) is 151 Å². The smallest absolute Gasteiger partial charge is 0.414 e. The lowest BCUT2D eigenvalue weighted by Crippen LogP contribution is -2.54. The van der Waals surface area contributed by atoms with Gasteiger partial charge in [0.25, 0.3) is 5.91 Å². The Balaban J connectivity index is 1.43. The molecule has 3 aromatic rings. The van der Waals surface area contributed by atoms with Crippen LogP contribution >= 0.6 is 0 Å². The van der Waals surface area contributed by atoms with Crippen molar-refractivity contribution in [1.29, 1.82) is 0 Å². The van der Waals surface area contributed by atoms with Crippen LogP contribution in [0, 0.1) is 5.92 Å². The number of alkyl halides is 4. The van der Waals surface area contributed by atoms with Crippen LogP contribution < -0.4 is 20.9 Å². The van der Waals surface area contributed by atoms with E-state index < -0.39 is 60.1 Å². The maximum atomic E-state index is 14.1. The number of pyridine rings is 2. The molecule has 0 bridgehead atoms. The molecule has 0 radical (unpaired) electrons. The molecule has 5 rings (SSSR count). The number of aromatic nitrogens is 2. The van der Waals surface area contributed by atoms with Crippen LogP contribution in [0.15, 0.2) is 35.1 Å². The van der Waals surface area contributed by atoms with Gasteiger partial charge < -0.3 is 34.3 Å². The normalized spacial score (nSPS) is 20.1. The van der Waals surface area contributed by atoms with Gasteiger partial charge in [0.05, 0.1) is 29.5 Å². The molecule has 3 N–H and O–H groups in total. The number of nitrogens with zero attached hydrogens (tertiary/aromatic N) is 4. The van der Waals surface area contributed by atoms with Crippen molar-refractivity contribution in [2.75, 3.05) is 48.3 Å². The van der Waals surface area contributed by atoms with Crippen LogP contribution in [-0.4, -0.2) is 95.3 Å². The highest BCUT2D eigenvalue weighted by atomic mass is 19.4. The van der Waals surface area contributed by atoms with Crippen molar-refractivity contribution in [3.8, 4) is 0 Å². The van der Waals surface area contributed by atoms with E-state index in [1.165, 1.54) is 23.4 Å². The zero-order valence-electron chi connectivity index (χ0n) is 30.0. The number of ether oxygens (including phenoxy) is 2. The SMILES string of the molecule is CC(C)(C)OC(=O)Nc1oc2cc(CCN3CC[C@@H](F)C3)cnc2c1C(=O)Nc1cnccc1N1C[C@@H](NC(=O)OC(C)(C)C)C[C@@H](C(F)(F)F)C1. The lowest BCUT2D eigenvalue weighted by Gasteiger charge is -2.40. The van der Waals surface area contributed by atoms with Crippen LogP contribution in [0.4, 0.5) is 44.4 Å². The second-order valence-electron chi connectivity index (χ2n) is 15.1. The van der Waals surface area contributed by atoms with Crippen LogP contribution in [0.5, 0.6) is 0 Å². The largest absolute Gasteiger partial charge is 0.444 e. The average Bonchev–Trinajstić information content (AvgIpc) is 3.59. The van der Waals surface area contributed by atoms with E-state index in [2.05, 4.69) is 25.9 Å². The average molecular weight is 736 g/mol. The number of carbonyl (C=O) groups is 3. The van der Waals surface area contributed by atoms with Crippen molar-refractivity contribution in [2.45, 2.75) is 90.4 Å². The fourth-order valence-corrected chi connectivity index (χ4v) is 6.18. The number of hydrogen-bond donors (Lipinski definition) is 3. The summed E-state index contributed by atoms with van der Waals surface area (Å²) in [6.07, 6.45) is -2.30. The van der Waals surface area contributed by atoms with E-state index >= 15 is 0 Å². The van der Waals surface area contributed by atoms with Gasteiger partial charge in [-0.25, -0.2) is 14.0 Å². The van der Waals surface area contributed by atoms with Crippen molar-refractivity contribution in [3.63, 3.8) is 0 Å². The number of alkyl carbamates (subject to hydrolysis) is 1. The summed E-state index contributed by atoms with van der Waals surface area (Å²) in [6.45, 7) is 11.1. The molecule has 0 saturated carbocycles. The molecule has 13 nitrogen and oxygen atoms in total. The second kappa shape index (κ2) is 15.1. The number of furan rings is 1. The lowest BCUT2D eigenvalue weighted by atomic mass is 9.93. The fraction of sp³-hybridized carbons (Fsp3) is 0.571. The molecule has 2 aliphatic rings. The monoisotopic (exact) mass is 735 g/mol. The molecule has 17 heteroatoms. The highest BCUT2D eigenvalue weighted by Gasteiger charge is 2.45. The van der Waals surface area contributed by atoms with Crippen LogP contribution in [0.3, 0.4) is 0 Å². The lowest BCUT2D eigenvalue weighted by molar-refractivity contribution is -0.177. The number of carbonyl (C=O) groups excluding carboxylic acids is 3. The highest BCUT2D eigenvalue weighted by molar-refractivity contribution is 6.16. The first kappa shape index (κ1) is 38.6. The van der Waals surface area contributed by atoms with E-state index in [0.29, 0.717) is 32.5 Å². The van der Waals surface area contributed by atoms with E-state index in [4.69, 9.17) is 13.9 Å². The summed E-state index contributed by atoms with van der Waals surface area (Å²) in [7, 11) is 0. The Morgan fingerprint density at radius 1 is 0.981 bits per heavy atom. The first-order valence-corrected chi connectivity index (χ1v) is 17.1. The summed E-state index contributed by atoms with van der Waals surface area (Å²) in [5.74, 6) is -2.85. The maximum Gasteiger partial charge on any atom is 0.414 e. The maximum absolute atomic E-state index is 14.1. The van der Waals surface area contributed by atoms with Crippen molar-refractivity contribution < 1.29 is 45.8 Å². The molecule has 5 heterocycles. The van der Waals surface area contributed by atoms with Gasteiger partial charge in [-0.15, -0.1) is 0 Å². The molecule has 0 aromatic carbocycles. The van der Waals surface area contributed by atoms with E-state index in [1.54, 1.807) is 53.8 Å². The molecule has 2 fully saturated rings. The number of likely N-dealkylation sites (tertiary alicyclic amines) is 1. The number of fused-ring (bicyclic) bond motifs is 1. The van der Waals surface area contributed by atoms with Crippen molar-refractivity contribution in [3.05, 3.63) is 41.9 Å². The van der Waals surface area contributed by atoms with Gasteiger partial charge in [-0.2, -0.15) is 13.2 Å². The minimum absolute atomic E-state index is 0.0213. The van der Waals surface area contributed by atoms with Gasteiger partial charge in [0.15, 0.2) is 5.58 Å². The number of nitrogens with one attached hydrogen (secondary N) is 3. The first-order chi connectivity index (χ1) is 24.2. The second-order valence-corrected chi connectivity index (χ2v) is 15.1. The van der Waals surface area contributed by atoms with E-state index in [9.17, 15) is 31.9 Å². The predicted molar refractivity (Wildman–Crippen MR) is 185 cm³/mol. The number of amides is 3. The molecule has 3 amide bonds. The van der Waals surface area contributed by atoms with Gasteiger partial charge in [-0.05, 0) is 78.5 Å². The molecule has 2 saturated heterocycles. The van der Waals surface area contributed by atoms with Crippen LogP contribution in [-0.2, 0) is 15.9 Å². The molecule has 2 aliphatic heterocycles. The summed E-state index contributed by atoms with van der Waals surface area (Å²) >= 11 is 0. The number of halogens is 4. The Bertz CT molecular complexity index is 1770. The number of piperidine rings is 1. The quantitative estimate of drug-likeness (QED) is 0.214. The molecule has 0 spiro atoms. The molecular weight excluding hydrogens is 690 g/mol.